The third-order valence-corrected chi connectivity index (χ3v) is 3.98. The van der Waals surface area contributed by atoms with Crippen molar-refractivity contribution < 1.29 is 4.74 Å². The van der Waals surface area contributed by atoms with Crippen LogP contribution in [0.2, 0.25) is 0 Å². The van der Waals surface area contributed by atoms with Gasteiger partial charge in [-0.05, 0) is 38.9 Å². The summed E-state index contributed by atoms with van der Waals surface area (Å²) in [6.07, 6.45) is 2.57. The van der Waals surface area contributed by atoms with Crippen LogP contribution in [0.3, 0.4) is 0 Å². The molecule has 0 amide bonds. The van der Waals surface area contributed by atoms with Gasteiger partial charge >= 0.3 is 0 Å². The molecule has 2 rings (SSSR count). The van der Waals surface area contributed by atoms with E-state index in [1.54, 1.807) is 0 Å². The minimum atomic E-state index is 0.860. The number of likely N-dealkylation sites (N-methyl/N-ethyl adjacent to an activating group) is 1. The maximum Gasteiger partial charge on any atom is 0.0593 e. The van der Waals surface area contributed by atoms with Crippen LogP contribution in [0.1, 0.15) is 12.8 Å². The molecule has 0 aromatic rings. The summed E-state index contributed by atoms with van der Waals surface area (Å²) in [5.41, 5.74) is 0. The Balaban J connectivity index is 1.43. The second-order valence-electron chi connectivity index (χ2n) is 5.40. The summed E-state index contributed by atoms with van der Waals surface area (Å²) in [6.45, 7) is 10.2. The highest BCUT2D eigenvalue weighted by Gasteiger charge is 2.15. The summed E-state index contributed by atoms with van der Waals surface area (Å²) in [5.74, 6) is 0.860. The number of ether oxygens (including phenoxy) is 1. The number of nitrogens with one attached hydrogen (secondary N) is 1. The molecule has 0 radical (unpaired) electrons. The molecule has 1 unspecified atom stereocenters. The molecule has 0 spiro atoms. The molecular weight excluding hydrogens is 214 g/mol. The first-order valence-electron chi connectivity index (χ1n) is 7.04. The van der Waals surface area contributed by atoms with Crippen LogP contribution in [0.25, 0.3) is 0 Å². The Labute approximate surface area is 105 Å². The summed E-state index contributed by atoms with van der Waals surface area (Å²) in [7, 11) is 2.20. The Hall–Kier alpha value is -0.160. The lowest BCUT2D eigenvalue weighted by atomic mass is 10.1. The monoisotopic (exact) mass is 241 g/mol. The first-order valence-corrected chi connectivity index (χ1v) is 7.04. The minimum Gasteiger partial charge on any atom is -0.380 e. The zero-order valence-corrected chi connectivity index (χ0v) is 11.2. The van der Waals surface area contributed by atoms with Crippen molar-refractivity contribution in [2.75, 3.05) is 66.1 Å². The highest BCUT2D eigenvalue weighted by Crippen LogP contribution is 2.11. The molecule has 1 atom stereocenters. The maximum absolute atomic E-state index is 5.74. The SMILES string of the molecule is CN1CCN(CCOCCC2CCNC2)CC1. The quantitative estimate of drug-likeness (QED) is 0.675. The fourth-order valence-corrected chi connectivity index (χ4v) is 2.58. The standard InChI is InChI=1S/C13H27N3O/c1-15-5-7-16(8-6-15)9-11-17-10-3-13-2-4-14-12-13/h13-14H,2-12H2,1H3. The van der Waals surface area contributed by atoms with E-state index in [2.05, 4.69) is 22.2 Å². The molecule has 2 aliphatic heterocycles. The highest BCUT2D eigenvalue weighted by atomic mass is 16.5. The zero-order chi connectivity index (χ0) is 11.9. The molecule has 0 aromatic heterocycles. The number of piperazine rings is 1. The lowest BCUT2D eigenvalue weighted by Crippen LogP contribution is -2.45. The van der Waals surface area contributed by atoms with Crippen molar-refractivity contribution in [2.45, 2.75) is 12.8 Å². The van der Waals surface area contributed by atoms with E-state index < -0.39 is 0 Å². The van der Waals surface area contributed by atoms with Crippen LogP contribution in [-0.4, -0.2) is 75.9 Å². The van der Waals surface area contributed by atoms with Crippen molar-refractivity contribution in [3.05, 3.63) is 0 Å². The largest absolute Gasteiger partial charge is 0.380 e. The third kappa shape index (κ3) is 4.92. The van der Waals surface area contributed by atoms with Crippen molar-refractivity contribution in [1.29, 1.82) is 0 Å². The average Bonchev–Trinajstić information content (AvgIpc) is 2.84. The normalized spacial score (nSPS) is 27.7. The molecule has 1 N–H and O–H groups in total. The maximum atomic E-state index is 5.74. The molecule has 0 bridgehead atoms. The van der Waals surface area contributed by atoms with Gasteiger partial charge in [-0.1, -0.05) is 0 Å². The van der Waals surface area contributed by atoms with Gasteiger partial charge in [0, 0.05) is 39.3 Å². The molecule has 0 aromatic carbocycles. The van der Waals surface area contributed by atoms with E-state index in [0.717, 1.165) is 25.7 Å². The predicted octanol–water partition coefficient (Wildman–Crippen LogP) is 0.250. The van der Waals surface area contributed by atoms with Crippen LogP contribution in [0.15, 0.2) is 0 Å². The molecule has 4 heteroatoms. The Morgan fingerprint density at radius 1 is 1.18 bits per heavy atom. The molecular formula is C13H27N3O. The predicted molar refractivity (Wildman–Crippen MR) is 70.3 cm³/mol. The number of hydrogen-bond donors (Lipinski definition) is 1. The van der Waals surface area contributed by atoms with Gasteiger partial charge in [0.1, 0.15) is 0 Å². The third-order valence-electron chi connectivity index (χ3n) is 3.98. The van der Waals surface area contributed by atoms with Crippen molar-refractivity contribution in [3.8, 4) is 0 Å². The van der Waals surface area contributed by atoms with Gasteiger partial charge < -0.3 is 15.0 Å². The summed E-state index contributed by atoms with van der Waals surface area (Å²) in [4.78, 5) is 4.90. The summed E-state index contributed by atoms with van der Waals surface area (Å²) in [6, 6.07) is 0. The summed E-state index contributed by atoms with van der Waals surface area (Å²) >= 11 is 0. The van der Waals surface area contributed by atoms with E-state index in [-0.39, 0.29) is 0 Å². The van der Waals surface area contributed by atoms with Crippen LogP contribution in [0.4, 0.5) is 0 Å². The number of nitrogens with zero attached hydrogens (tertiary/aromatic N) is 2. The van der Waals surface area contributed by atoms with E-state index in [0.29, 0.717) is 0 Å². The number of hydrogen-bond acceptors (Lipinski definition) is 4. The van der Waals surface area contributed by atoms with Crippen LogP contribution in [0.5, 0.6) is 0 Å². The van der Waals surface area contributed by atoms with E-state index >= 15 is 0 Å². The molecule has 17 heavy (non-hydrogen) atoms. The average molecular weight is 241 g/mol. The number of rotatable bonds is 6. The molecule has 2 saturated heterocycles. The van der Waals surface area contributed by atoms with Gasteiger partial charge in [-0.2, -0.15) is 0 Å². The van der Waals surface area contributed by atoms with Crippen molar-refractivity contribution in [2.24, 2.45) is 5.92 Å². The summed E-state index contributed by atoms with van der Waals surface area (Å²) < 4.78 is 5.74. The van der Waals surface area contributed by atoms with E-state index in [4.69, 9.17) is 4.74 Å². The van der Waals surface area contributed by atoms with E-state index in [1.165, 1.54) is 52.1 Å². The van der Waals surface area contributed by atoms with E-state index in [9.17, 15) is 0 Å². The van der Waals surface area contributed by atoms with Gasteiger partial charge in [0.25, 0.3) is 0 Å². The highest BCUT2D eigenvalue weighted by molar-refractivity contribution is 4.71. The minimum absolute atomic E-state index is 0.860. The molecule has 100 valence electrons. The van der Waals surface area contributed by atoms with Gasteiger partial charge in [-0.3, -0.25) is 4.90 Å². The Morgan fingerprint density at radius 2 is 2.00 bits per heavy atom. The van der Waals surface area contributed by atoms with Gasteiger partial charge in [0.2, 0.25) is 0 Å². The van der Waals surface area contributed by atoms with Crippen LogP contribution in [-0.2, 0) is 4.74 Å². The molecule has 4 nitrogen and oxygen atoms in total. The molecule has 0 saturated carbocycles. The lowest BCUT2D eigenvalue weighted by molar-refractivity contribution is 0.0762. The Bertz CT molecular complexity index is 199. The topological polar surface area (TPSA) is 27.7 Å². The molecule has 2 fully saturated rings. The van der Waals surface area contributed by atoms with Gasteiger partial charge in [0.05, 0.1) is 6.61 Å². The van der Waals surface area contributed by atoms with Gasteiger partial charge in [0.15, 0.2) is 0 Å². The fourth-order valence-electron chi connectivity index (χ4n) is 2.58. The first kappa shape index (κ1) is 13.3. The lowest BCUT2D eigenvalue weighted by Gasteiger charge is -2.32. The van der Waals surface area contributed by atoms with Gasteiger partial charge in [-0.25, -0.2) is 0 Å². The van der Waals surface area contributed by atoms with Crippen molar-refractivity contribution >= 4 is 0 Å². The molecule has 0 aliphatic carbocycles. The van der Waals surface area contributed by atoms with Gasteiger partial charge in [-0.15, -0.1) is 0 Å². The fraction of sp³-hybridized carbons (Fsp3) is 1.00. The Kier molecular flexibility index (Phi) is 5.71. The molecule has 2 heterocycles. The van der Waals surface area contributed by atoms with Crippen molar-refractivity contribution in [1.82, 2.24) is 15.1 Å². The molecule has 2 aliphatic rings. The van der Waals surface area contributed by atoms with Crippen LogP contribution in [0, 0.1) is 5.92 Å². The Morgan fingerprint density at radius 3 is 2.71 bits per heavy atom. The van der Waals surface area contributed by atoms with Crippen molar-refractivity contribution in [3.63, 3.8) is 0 Å². The van der Waals surface area contributed by atoms with Crippen LogP contribution >= 0.6 is 0 Å². The first-order chi connectivity index (χ1) is 8.34. The van der Waals surface area contributed by atoms with Crippen LogP contribution < -0.4 is 5.32 Å². The summed E-state index contributed by atoms with van der Waals surface area (Å²) in [5, 5.41) is 3.40. The second kappa shape index (κ2) is 7.31. The second-order valence-corrected chi connectivity index (χ2v) is 5.40. The smallest absolute Gasteiger partial charge is 0.0593 e. The van der Waals surface area contributed by atoms with E-state index in [1.807, 2.05) is 0 Å². The zero-order valence-electron chi connectivity index (χ0n) is 11.2.